The van der Waals surface area contributed by atoms with Crippen LogP contribution in [0, 0.1) is 0 Å². The number of likely N-dealkylation sites (N-methyl/N-ethyl adjacent to an activating group) is 6. The summed E-state index contributed by atoms with van der Waals surface area (Å²) in [6.07, 6.45) is -10.7. The maximum Gasteiger partial charge on any atom is 0.215 e. The third-order valence-electron chi connectivity index (χ3n) is 14.7. The van der Waals surface area contributed by atoms with Gasteiger partial charge in [0.1, 0.15) is 4.24 Å². The first-order chi connectivity index (χ1) is 83.9. The van der Waals surface area contributed by atoms with Crippen molar-refractivity contribution in [3.8, 4) is 0 Å². The molecule has 36 heteroatoms. The van der Waals surface area contributed by atoms with Gasteiger partial charge in [-0.05, 0) is 304 Å². The van der Waals surface area contributed by atoms with Crippen LogP contribution in [-0.4, -0.2) is 275 Å². The van der Waals surface area contributed by atoms with E-state index in [1.165, 1.54) is 35.3 Å². The van der Waals surface area contributed by atoms with Crippen LogP contribution in [0.1, 0.15) is 153 Å². The monoisotopic (exact) mass is 1840 g/mol. The minimum atomic E-state index is -4.71. The highest BCUT2D eigenvalue weighted by Gasteiger charge is 2.19. The number of aromatic nitrogens is 6. The molecule has 0 saturated carbocycles. The number of sulfonamides is 6. The number of aryl methyl sites for hydroxylation is 3. The number of nitrogens with one attached hydrogen (secondary N) is 12. The Morgan fingerprint density at radius 2 is 0.550 bits per heavy atom. The standard InChI is InChI=1S/6C14H21N3O2S/c6*1-15-20(18,19)10-11-4-5-14-13(8-11)12(9-16-14)6-7-17(2)3/h6*4-5,8-9,15-16H,6-7,10H2,1-3H3/i1D3,2D3,3D3,4D,5D,6D2,7D2,8D;1D3,2D3,4D,5D,6D2,7D2,8D;2D3,3D3,4D,5D,6D2,8D;1D3,4D,5D,6D2,7D2,8D;2D3,4D,5D,6D2,8D;4D,5D,6D2,8D/hD6. The van der Waals surface area contributed by atoms with Crippen LogP contribution in [-0.2, 0) is 133 Å². The number of benzene rings is 6. The molecule has 12 N–H and O–H groups in total. The van der Waals surface area contributed by atoms with E-state index in [1.807, 2.05) is 0 Å². The van der Waals surface area contributed by atoms with E-state index in [4.69, 9.17) is 94.8 Å². The molecular weight excluding hydrogens is 1650 g/mol. The molecule has 120 heavy (non-hydrogen) atoms. The Hall–Kier alpha value is -8.22. The average molecular weight is 1840 g/mol. The van der Waals surface area contributed by atoms with E-state index < -0.39 is 414 Å². The Labute approximate surface area is 808 Å². The third kappa shape index (κ3) is 31.9. The van der Waals surface area contributed by atoms with Crippen LogP contribution in [0.3, 0.4) is 0 Å². The molecule has 0 atom stereocenters. The lowest BCUT2D eigenvalue weighted by atomic mass is 10.1. The first-order valence-corrected chi connectivity index (χ1v) is 43.1. The fraction of sp³-hybridized carbons (Fsp3) is 0.429. The van der Waals surface area contributed by atoms with Crippen LogP contribution in [0.5, 0.6) is 0 Å². The van der Waals surface area contributed by atoms with Gasteiger partial charge < -0.3 is 59.3 Å². The molecule has 0 saturated heterocycles. The molecule has 0 spiro atoms. The number of H-pyrrole nitrogens is 6. The first kappa shape index (κ1) is 39.3. The molecule has 0 aliphatic rings. The van der Waals surface area contributed by atoms with Crippen molar-refractivity contribution in [1.29, 1.82) is 0 Å². The minimum absolute atomic E-state index is 0.0161. The highest BCUT2D eigenvalue weighted by molar-refractivity contribution is 7.90. The number of hydrogen-bond donors (Lipinski definition) is 12. The van der Waals surface area contributed by atoms with Gasteiger partial charge in [-0.2, -0.15) is 0 Å². The minimum Gasteiger partial charge on any atom is -0.361 e. The summed E-state index contributed by atoms with van der Waals surface area (Å²) in [5.74, 6) is -6.31. The van der Waals surface area contributed by atoms with Crippen LogP contribution in [0.25, 0.3) is 65.4 Å². The molecule has 6 aromatic carbocycles. The topological polar surface area (TPSA) is 391 Å². The summed E-state index contributed by atoms with van der Waals surface area (Å²) in [7, 11) is -15.6. The average Bonchev–Trinajstić information content (AvgIpc) is 1.60. The normalized spacial score (nSPS) is 22.9. The molecule has 0 aliphatic heterocycles. The van der Waals surface area contributed by atoms with Gasteiger partial charge >= 0.3 is 0 Å². The largest absolute Gasteiger partial charge is 0.361 e. The lowest BCUT2D eigenvalue weighted by Crippen LogP contribution is -2.20. The van der Waals surface area contributed by atoms with Gasteiger partial charge in [-0.1, -0.05) is 36.3 Å². The second-order valence-corrected chi connectivity index (χ2v) is 35.3. The number of hydrogen-bond acceptors (Lipinski definition) is 18. The van der Waals surface area contributed by atoms with Crippen molar-refractivity contribution in [2.24, 2.45) is 0 Å². The summed E-state index contributed by atoms with van der Waals surface area (Å²) >= 11 is 0. The van der Waals surface area contributed by atoms with Crippen LogP contribution in [0.15, 0.2) is 146 Å². The molecule has 12 rings (SSSR count). The Morgan fingerprint density at radius 3 is 0.817 bits per heavy atom. The maximum absolute atomic E-state index is 12.3. The van der Waals surface area contributed by atoms with Gasteiger partial charge in [0.2, 0.25) is 60.1 Å². The summed E-state index contributed by atoms with van der Waals surface area (Å²) in [6, 6.07) is -11.5. The highest BCUT2D eigenvalue weighted by atomic mass is 32.2. The first-order valence-electron chi connectivity index (χ1n) is 67.5. The molecule has 30 nitrogen and oxygen atoms in total. The highest BCUT2D eigenvalue weighted by Crippen LogP contribution is 2.28. The van der Waals surface area contributed by atoms with Gasteiger partial charge in [0.25, 0.3) is 0 Å². The van der Waals surface area contributed by atoms with Gasteiger partial charge in [0.15, 0.2) is 4.24 Å². The van der Waals surface area contributed by atoms with E-state index >= 15 is 0 Å². The van der Waals surface area contributed by atoms with Gasteiger partial charge in [-0.3, -0.25) is 0 Å². The molecule has 12 aromatic rings. The van der Waals surface area contributed by atoms with Crippen LogP contribution in [0.2, 0.25) is 8.47 Å². The molecule has 6 heterocycles. The molecule has 0 bridgehead atoms. The van der Waals surface area contributed by atoms with E-state index in [-0.39, 0.29) is 91.0 Å². The third-order valence-corrected chi connectivity index (χ3v) is 21.2. The predicted octanol–water partition coefficient (Wildman–Crippen LogP) is 7.93. The van der Waals surface area contributed by atoms with E-state index in [1.54, 1.807) is 19.0 Å². The second-order valence-electron chi connectivity index (χ2n) is 24.7. The van der Waals surface area contributed by atoms with Crippen LogP contribution < -0.4 is 28.3 Å². The zero-order valence-electron chi connectivity index (χ0n) is 134. The van der Waals surface area contributed by atoms with Crippen LogP contribution in [0.4, 0.5) is 0 Å². The summed E-state index contributed by atoms with van der Waals surface area (Å²) in [5, 5.41) is -2.01. The SMILES string of the molecule is [2H]c1c(CS(=O)(=O)N([2H])C)c([2H])c2c(C([2H])([2H])CN(C([2H])([2H])[2H])C([2H])([2H])[2H])cn([2H])c2c1[2H].[2H]c1c(CS(=O)(=O)N([2H])C)c([2H])c2c(C([2H])([2H])CN(C)C([2H])([2H])[2H])cn([2H])c2c1[2H].[2H]c1c(CS(=O)(=O)N([2H])C)c([2H])c2c(C([2H])([2H])CN(C)C)cn([2H])c2c1[2H].[2H]c1c(CS(=O)(=O)NC([2H])([2H])[2H])c([2H])c2c(C([2H])([2H])C([2H])([2H])N(C([2H])([2H])[2H])C([2H])([2H])[2H])c[nH]c2c1[2H].[2H]c1c(CS(=O)(=O)NC([2H])([2H])[2H])c([2H])c2c(C([2H])([2H])C([2H])([2H])N(C)C([2H])([2H])[2H])c[nH]c2c1[2H].[2H]c1c(CS(=O)(=O)NC([2H])([2H])[2H])c([2H])c2c(C([2H])([2H])C([2H])([2H])N(C)C)c[nH]c2c1[2H]. The molecule has 0 aliphatic carbocycles. The molecule has 6 aromatic heterocycles. The molecule has 0 amide bonds. The molecule has 0 unspecified atom stereocenters. The van der Waals surface area contributed by atoms with Crippen molar-refractivity contribution in [1.82, 2.24) is 87.6 Å². The summed E-state index contributed by atoms with van der Waals surface area (Å²) < 4.78 is 690. The van der Waals surface area contributed by atoms with Gasteiger partial charge in [-0.25, -0.2) is 78.8 Å². The Morgan fingerprint density at radius 1 is 0.308 bits per heavy atom. The molecule has 0 fully saturated rings. The van der Waals surface area contributed by atoms with E-state index in [2.05, 4.69) is 15.0 Å². The zero-order chi connectivity index (χ0) is 148. The summed E-state index contributed by atoms with van der Waals surface area (Å²) in [4.78, 5) is 12.2. The summed E-state index contributed by atoms with van der Waals surface area (Å²) in [5.41, 5.74) is -7.11. The van der Waals surface area contributed by atoms with Gasteiger partial charge in [-0.15, -0.1) is 0 Å². The quantitative estimate of drug-likeness (QED) is 0.0177. The Balaban J connectivity index is 0.000000302. The Kier molecular flexibility index (Phi) is 14.8. The van der Waals surface area contributed by atoms with Gasteiger partial charge in [0.05, 0.1) is 59.2 Å². The number of fused-ring (bicyclic) bond motifs is 6. The van der Waals surface area contributed by atoms with Crippen molar-refractivity contribution in [2.75, 3.05) is 165 Å². The fourth-order valence-corrected chi connectivity index (χ4v) is 13.0. The van der Waals surface area contributed by atoms with Crippen molar-refractivity contribution in [2.45, 2.75) is 72.8 Å². The van der Waals surface area contributed by atoms with Gasteiger partial charge in [0, 0.05) is 203 Å². The predicted molar refractivity (Wildman–Crippen MR) is 493 cm³/mol. The second kappa shape index (κ2) is 45.2. The van der Waals surface area contributed by atoms with E-state index in [0.29, 0.717) is 9.95 Å². The van der Waals surface area contributed by atoms with Crippen molar-refractivity contribution in [3.05, 3.63) is 213 Å². The molecule has 660 valence electrons. The molecule has 0 radical (unpaired) electrons. The van der Waals surface area contributed by atoms with Crippen molar-refractivity contribution >= 4 is 126 Å². The molecular formula is C84H126N18O12S6. The van der Waals surface area contributed by atoms with Crippen molar-refractivity contribution in [3.63, 3.8) is 0 Å². The van der Waals surface area contributed by atoms with E-state index in [9.17, 15) is 50.5 Å². The fourth-order valence-electron chi connectivity index (χ4n) is 9.28. The maximum atomic E-state index is 12.3. The van der Waals surface area contributed by atoms with Crippen molar-refractivity contribution < 1.29 is 145 Å². The number of rotatable bonds is 36. The van der Waals surface area contributed by atoms with E-state index in [0.717, 1.165) is 80.1 Å². The number of aromatic amines is 6. The zero-order valence-corrected chi connectivity index (χ0v) is 69.4. The lowest BCUT2D eigenvalue weighted by molar-refractivity contribution is 0.414. The Bertz CT molecular complexity index is 9470. The smallest absolute Gasteiger partial charge is 0.215 e. The number of nitrogens with zero attached hydrogens (tertiary/aromatic N) is 6. The van der Waals surface area contributed by atoms with Crippen LogP contribution >= 0.6 is 0 Å². The lowest BCUT2D eigenvalue weighted by Gasteiger charge is -2.08. The summed E-state index contributed by atoms with van der Waals surface area (Å²) in [6.45, 7) is -40.0.